The molecule has 1 heterocycles. The molecule has 0 saturated carbocycles. The van der Waals surface area contributed by atoms with E-state index in [2.05, 4.69) is 15.4 Å². The van der Waals surface area contributed by atoms with Gasteiger partial charge in [-0.25, -0.2) is 4.79 Å². The number of anilines is 1. The number of nitrogens with zero attached hydrogens (tertiary/aromatic N) is 4. The molecule has 7 nitrogen and oxygen atoms in total. The summed E-state index contributed by atoms with van der Waals surface area (Å²) in [6.45, 7) is 2.25. The second-order valence-electron chi connectivity index (χ2n) is 4.70. The first-order valence-corrected chi connectivity index (χ1v) is 6.53. The second kappa shape index (κ2) is 6.25. The highest BCUT2D eigenvalue weighted by Crippen LogP contribution is 2.18. The van der Waals surface area contributed by atoms with E-state index in [-0.39, 0.29) is 6.03 Å². The summed E-state index contributed by atoms with van der Waals surface area (Å²) < 4.78 is 6.88. The first-order chi connectivity index (χ1) is 10.0. The molecule has 0 aliphatic carbocycles. The number of hydrogen-bond acceptors (Lipinski definition) is 4. The quantitative estimate of drug-likeness (QED) is 0.931. The van der Waals surface area contributed by atoms with Gasteiger partial charge in [0.1, 0.15) is 11.6 Å². The lowest BCUT2D eigenvalue weighted by Gasteiger charge is -2.18. The second-order valence-corrected chi connectivity index (χ2v) is 4.70. The highest BCUT2D eigenvalue weighted by atomic mass is 16.5. The van der Waals surface area contributed by atoms with Crippen LogP contribution in [0.3, 0.4) is 0 Å². The average molecular weight is 289 g/mol. The summed E-state index contributed by atoms with van der Waals surface area (Å²) in [6, 6.07) is 7.32. The van der Waals surface area contributed by atoms with Crippen LogP contribution in [0.25, 0.3) is 0 Å². The summed E-state index contributed by atoms with van der Waals surface area (Å²) in [5.74, 6) is 1.79. The van der Waals surface area contributed by atoms with Crippen LogP contribution in [-0.4, -0.2) is 39.9 Å². The Labute approximate surface area is 123 Å². The van der Waals surface area contributed by atoms with Gasteiger partial charge in [0.15, 0.2) is 0 Å². The van der Waals surface area contributed by atoms with Gasteiger partial charge in [-0.2, -0.15) is 4.98 Å². The van der Waals surface area contributed by atoms with Crippen molar-refractivity contribution >= 4 is 12.0 Å². The Hall–Kier alpha value is -2.57. The standard InChI is InChI=1S/C14H19N5O2/c1-10-15-13(17-19(10)3)16-14(20)18(2)9-11-7-5-6-8-12(11)21-4/h5-8H,9H2,1-4H3,(H,16,17,20). The Balaban J connectivity index is 2.02. The van der Waals surface area contributed by atoms with E-state index in [9.17, 15) is 4.79 Å². The average Bonchev–Trinajstić information content (AvgIpc) is 2.77. The Kier molecular flexibility index (Phi) is 4.42. The maximum Gasteiger partial charge on any atom is 0.324 e. The van der Waals surface area contributed by atoms with Crippen LogP contribution in [0.1, 0.15) is 11.4 Å². The largest absolute Gasteiger partial charge is 0.496 e. The summed E-state index contributed by atoms with van der Waals surface area (Å²) in [7, 11) is 5.09. The lowest BCUT2D eigenvalue weighted by Crippen LogP contribution is -2.31. The van der Waals surface area contributed by atoms with E-state index in [1.54, 1.807) is 30.8 Å². The zero-order chi connectivity index (χ0) is 15.4. The molecular formula is C14H19N5O2. The van der Waals surface area contributed by atoms with Gasteiger partial charge >= 0.3 is 6.03 Å². The summed E-state index contributed by atoms with van der Waals surface area (Å²) in [5, 5.41) is 6.76. The van der Waals surface area contributed by atoms with Crippen molar-refractivity contribution in [2.45, 2.75) is 13.5 Å². The third-order valence-corrected chi connectivity index (χ3v) is 3.15. The maximum absolute atomic E-state index is 12.1. The molecule has 0 fully saturated rings. The Bertz CT molecular complexity index is 619. The van der Waals surface area contributed by atoms with Crippen LogP contribution in [0.2, 0.25) is 0 Å². The van der Waals surface area contributed by atoms with Gasteiger partial charge in [-0.05, 0) is 13.0 Å². The van der Waals surface area contributed by atoms with Gasteiger partial charge < -0.3 is 9.64 Å². The maximum atomic E-state index is 12.1. The van der Waals surface area contributed by atoms with Gasteiger partial charge in [0.2, 0.25) is 5.95 Å². The number of para-hydroxylation sites is 1. The summed E-state index contributed by atoms with van der Waals surface area (Å²) in [6.07, 6.45) is 0. The third-order valence-electron chi connectivity index (χ3n) is 3.15. The SMILES string of the molecule is COc1ccccc1CN(C)C(=O)Nc1nc(C)n(C)n1. The lowest BCUT2D eigenvalue weighted by molar-refractivity contribution is 0.220. The van der Waals surface area contributed by atoms with Crippen molar-refractivity contribution in [3.63, 3.8) is 0 Å². The number of amides is 2. The van der Waals surface area contributed by atoms with E-state index in [1.165, 1.54) is 0 Å². The third kappa shape index (κ3) is 3.50. The van der Waals surface area contributed by atoms with Gasteiger partial charge in [-0.3, -0.25) is 10.00 Å². The molecule has 0 radical (unpaired) electrons. The fraction of sp³-hybridized carbons (Fsp3) is 0.357. The molecule has 7 heteroatoms. The van der Waals surface area contributed by atoms with Crippen molar-refractivity contribution in [2.24, 2.45) is 7.05 Å². The molecule has 0 unspecified atom stereocenters. The molecule has 1 aromatic carbocycles. The number of ether oxygens (including phenoxy) is 1. The number of aryl methyl sites for hydroxylation is 2. The molecular weight excluding hydrogens is 270 g/mol. The number of carbonyl (C=O) groups excluding carboxylic acids is 1. The number of nitrogens with one attached hydrogen (secondary N) is 1. The first-order valence-electron chi connectivity index (χ1n) is 6.53. The van der Waals surface area contributed by atoms with Crippen LogP contribution >= 0.6 is 0 Å². The Morgan fingerprint density at radius 3 is 2.76 bits per heavy atom. The van der Waals surface area contributed by atoms with E-state index < -0.39 is 0 Å². The molecule has 2 aromatic rings. The minimum absolute atomic E-state index is 0.272. The molecule has 0 aliphatic heterocycles. The molecule has 21 heavy (non-hydrogen) atoms. The zero-order valence-electron chi connectivity index (χ0n) is 12.6. The van der Waals surface area contributed by atoms with Gasteiger partial charge in [-0.1, -0.05) is 18.2 Å². The zero-order valence-corrected chi connectivity index (χ0v) is 12.6. The molecule has 0 atom stereocenters. The molecule has 1 aromatic heterocycles. The molecule has 0 spiro atoms. The van der Waals surface area contributed by atoms with Gasteiger partial charge in [0.25, 0.3) is 0 Å². The topological polar surface area (TPSA) is 72.3 Å². The van der Waals surface area contributed by atoms with Crippen molar-refractivity contribution in [3.05, 3.63) is 35.7 Å². The van der Waals surface area contributed by atoms with Crippen molar-refractivity contribution in [1.29, 1.82) is 0 Å². The van der Waals surface area contributed by atoms with Crippen LogP contribution in [-0.2, 0) is 13.6 Å². The molecule has 112 valence electrons. The van der Waals surface area contributed by atoms with Crippen LogP contribution < -0.4 is 10.1 Å². The molecule has 0 aliphatic rings. The van der Waals surface area contributed by atoms with Crippen LogP contribution in [0.5, 0.6) is 5.75 Å². The van der Waals surface area contributed by atoms with Gasteiger partial charge in [-0.15, -0.1) is 5.10 Å². The molecule has 1 N–H and O–H groups in total. The number of carbonyl (C=O) groups is 1. The van der Waals surface area contributed by atoms with Gasteiger partial charge in [0, 0.05) is 19.7 Å². The van der Waals surface area contributed by atoms with E-state index >= 15 is 0 Å². The van der Waals surface area contributed by atoms with Crippen molar-refractivity contribution in [2.75, 3.05) is 19.5 Å². The fourth-order valence-electron chi connectivity index (χ4n) is 1.87. The molecule has 2 amide bonds. The highest BCUT2D eigenvalue weighted by molar-refractivity contribution is 5.87. The number of rotatable bonds is 4. The lowest BCUT2D eigenvalue weighted by atomic mass is 10.2. The first kappa shape index (κ1) is 14.8. The van der Waals surface area contributed by atoms with Crippen LogP contribution in [0.4, 0.5) is 10.7 Å². The molecule has 0 saturated heterocycles. The number of methoxy groups -OCH3 is 1. The van der Waals surface area contributed by atoms with Crippen molar-refractivity contribution in [3.8, 4) is 5.75 Å². The predicted octanol–water partition coefficient (Wildman–Crippen LogP) is 1.80. The summed E-state index contributed by atoms with van der Waals surface area (Å²) >= 11 is 0. The summed E-state index contributed by atoms with van der Waals surface area (Å²) in [4.78, 5) is 17.8. The van der Waals surface area contributed by atoms with E-state index in [0.29, 0.717) is 12.5 Å². The highest BCUT2D eigenvalue weighted by Gasteiger charge is 2.14. The fourth-order valence-corrected chi connectivity index (χ4v) is 1.87. The Morgan fingerprint density at radius 1 is 1.43 bits per heavy atom. The monoisotopic (exact) mass is 289 g/mol. The van der Waals surface area contributed by atoms with E-state index in [0.717, 1.165) is 17.1 Å². The number of hydrogen-bond donors (Lipinski definition) is 1. The number of aromatic nitrogens is 3. The Morgan fingerprint density at radius 2 is 2.14 bits per heavy atom. The van der Waals surface area contributed by atoms with Crippen molar-refractivity contribution in [1.82, 2.24) is 19.7 Å². The normalized spacial score (nSPS) is 10.3. The minimum Gasteiger partial charge on any atom is -0.496 e. The smallest absolute Gasteiger partial charge is 0.324 e. The van der Waals surface area contributed by atoms with Crippen LogP contribution in [0, 0.1) is 6.92 Å². The van der Waals surface area contributed by atoms with E-state index in [1.807, 2.05) is 31.2 Å². The molecule has 0 bridgehead atoms. The number of urea groups is 1. The minimum atomic E-state index is -0.272. The molecule has 2 rings (SSSR count). The van der Waals surface area contributed by atoms with Crippen LogP contribution in [0.15, 0.2) is 24.3 Å². The summed E-state index contributed by atoms with van der Waals surface area (Å²) in [5.41, 5.74) is 0.933. The van der Waals surface area contributed by atoms with E-state index in [4.69, 9.17) is 4.74 Å². The predicted molar refractivity (Wildman–Crippen MR) is 79.2 cm³/mol. The van der Waals surface area contributed by atoms with Crippen molar-refractivity contribution < 1.29 is 9.53 Å². The number of benzene rings is 1. The van der Waals surface area contributed by atoms with Gasteiger partial charge in [0.05, 0.1) is 13.7 Å².